The van der Waals surface area contributed by atoms with Crippen molar-refractivity contribution in [3.05, 3.63) is 101 Å². The summed E-state index contributed by atoms with van der Waals surface area (Å²) in [5, 5.41) is 16.8. The first kappa shape index (κ1) is 21.3. The second-order valence-electron chi connectivity index (χ2n) is 7.02. The summed E-state index contributed by atoms with van der Waals surface area (Å²) in [6, 6.07) is 24.7. The number of nitrogens with one attached hydrogen (secondary N) is 1. The number of halogens is 1. The van der Waals surface area contributed by atoms with Gasteiger partial charge in [-0.3, -0.25) is 9.59 Å². The van der Waals surface area contributed by atoms with Crippen LogP contribution in [0, 0.1) is 0 Å². The second kappa shape index (κ2) is 9.45. The topological polar surface area (TPSA) is 97.1 Å². The van der Waals surface area contributed by atoms with Gasteiger partial charge in [-0.2, -0.15) is 0 Å². The third kappa shape index (κ3) is 4.68. The summed E-state index contributed by atoms with van der Waals surface area (Å²) in [5.74, 6) is -1.24. The fourth-order valence-electron chi connectivity index (χ4n) is 3.33. The summed E-state index contributed by atoms with van der Waals surface area (Å²) in [6.45, 7) is 0. The van der Waals surface area contributed by atoms with E-state index in [2.05, 4.69) is 15.4 Å². The molecule has 0 saturated carbocycles. The molecule has 2 N–H and O–H groups in total. The number of rotatable bonds is 7. The molecule has 7 nitrogen and oxygen atoms in total. The van der Waals surface area contributed by atoms with Gasteiger partial charge in [-0.05, 0) is 23.8 Å². The predicted molar refractivity (Wildman–Crippen MR) is 121 cm³/mol. The molecule has 0 saturated heterocycles. The lowest BCUT2D eigenvalue weighted by Gasteiger charge is -2.17. The van der Waals surface area contributed by atoms with E-state index in [9.17, 15) is 14.7 Å². The first-order valence-electron chi connectivity index (χ1n) is 9.88. The van der Waals surface area contributed by atoms with Crippen molar-refractivity contribution in [2.45, 2.75) is 12.5 Å². The van der Waals surface area contributed by atoms with Crippen LogP contribution in [0.4, 0.5) is 0 Å². The normalized spacial score (nSPS) is 11.7. The van der Waals surface area contributed by atoms with Gasteiger partial charge in [-0.1, -0.05) is 78.3 Å². The monoisotopic (exact) mass is 446 g/mol. The molecule has 1 amide bonds. The van der Waals surface area contributed by atoms with E-state index in [1.807, 2.05) is 60.7 Å². The lowest BCUT2D eigenvalue weighted by molar-refractivity contribution is -0.137. The van der Waals surface area contributed by atoms with Gasteiger partial charge in [-0.25, -0.2) is 9.67 Å². The Balaban J connectivity index is 1.71. The molecule has 4 aromatic rings. The Morgan fingerprint density at radius 1 is 0.938 bits per heavy atom. The average molecular weight is 447 g/mol. The molecule has 0 fully saturated rings. The number of carbonyl (C=O) groups excluding carboxylic acids is 1. The molecule has 0 spiro atoms. The van der Waals surface area contributed by atoms with E-state index in [0.29, 0.717) is 16.4 Å². The number of carboxylic acid groups (broad SMARTS) is 1. The number of benzene rings is 3. The van der Waals surface area contributed by atoms with Gasteiger partial charge in [0.25, 0.3) is 5.91 Å². The summed E-state index contributed by atoms with van der Waals surface area (Å²) in [4.78, 5) is 28.9. The van der Waals surface area contributed by atoms with E-state index in [0.717, 1.165) is 11.3 Å². The summed E-state index contributed by atoms with van der Waals surface area (Å²) < 4.78 is 1.59. The van der Waals surface area contributed by atoms with Crippen LogP contribution >= 0.6 is 11.6 Å². The molecule has 0 bridgehead atoms. The van der Waals surface area contributed by atoms with Gasteiger partial charge in [0.2, 0.25) is 5.82 Å². The highest BCUT2D eigenvalue weighted by molar-refractivity contribution is 6.31. The highest BCUT2D eigenvalue weighted by atomic mass is 35.5. The molecule has 8 heteroatoms. The first-order valence-corrected chi connectivity index (χ1v) is 10.3. The number of amides is 1. The van der Waals surface area contributed by atoms with Gasteiger partial charge in [0.1, 0.15) is 0 Å². The van der Waals surface area contributed by atoms with Crippen molar-refractivity contribution in [1.29, 1.82) is 0 Å². The van der Waals surface area contributed by atoms with Crippen molar-refractivity contribution in [2.24, 2.45) is 0 Å². The molecule has 0 aliphatic heterocycles. The lowest BCUT2D eigenvalue weighted by Crippen LogP contribution is -2.31. The highest BCUT2D eigenvalue weighted by Crippen LogP contribution is 2.26. The van der Waals surface area contributed by atoms with Crippen LogP contribution in [0.15, 0.2) is 84.9 Å². The van der Waals surface area contributed by atoms with Crippen molar-refractivity contribution in [3.63, 3.8) is 0 Å². The number of nitrogens with zero attached hydrogens (tertiary/aromatic N) is 3. The van der Waals surface area contributed by atoms with Crippen LogP contribution < -0.4 is 5.32 Å². The standard InChI is InChI=1S/C24H19ClN4O3/c25-19-14-8-7-13-18(19)20(15-21(30)31)26-24(32)22-27-23(16-9-3-1-4-10-16)29(28-22)17-11-5-2-6-12-17/h1-14,20H,15H2,(H,26,32)(H,30,31). The van der Waals surface area contributed by atoms with Crippen LogP contribution in [0.1, 0.15) is 28.6 Å². The molecule has 1 heterocycles. The molecule has 4 rings (SSSR count). The molecule has 32 heavy (non-hydrogen) atoms. The summed E-state index contributed by atoms with van der Waals surface area (Å²) in [7, 11) is 0. The molecule has 3 aromatic carbocycles. The fourth-order valence-corrected chi connectivity index (χ4v) is 3.59. The van der Waals surface area contributed by atoms with Crippen molar-refractivity contribution < 1.29 is 14.7 Å². The quantitative estimate of drug-likeness (QED) is 0.434. The Kier molecular flexibility index (Phi) is 6.28. The van der Waals surface area contributed by atoms with Crippen molar-refractivity contribution >= 4 is 23.5 Å². The van der Waals surface area contributed by atoms with Gasteiger partial charge in [0.05, 0.1) is 18.2 Å². The van der Waals surface area contributed by atoms with Gasteiger partial charge >= 0.3 is 5.97 Å². The Morgan fingerprint density at radius 2 is 1.56 bits per heavy atom. The maximum absolute atomic E-state index is 13.1. The smallest absolute Gasteiger partial charge is 0.305 e. The van der Waals surface area contributed by atoms with Crippen molar-refractivity contribution in [3.8, 4) is 17.1 Å². The summed E-state index contributed by atoms with van der Waals surface area (Å²) in [5.41, 5.74) is 2.04. The van der Waals surface area contributed by atoms with Crippen molar-refractivity contribution in [2.75, 3.05) is 0 Å². The minimum absolute atomic E-state index is 0.0739. The van der Waals surface area contributed by atoms with Gasteiger partial charge in [0, 0.05) is 10.6 Å². The maximum Gasteiger partial charge on any atom is 0.305 e. The molecule has 0 aliphatic carbocycles. The number of para-hydroxylation sites is 1. The maximum atomic E-state index is 13.1. The van der Waals surface area contributed by atoms with E-state index in [-0.39, 0.29) is 12.2 Å². The molecular formula is C24H19ClN4O3. The Labute approximate surface area is 189 Å². The van der Waals surface area contributed by atoms with Crippen LogP contribution in [0.3, 0.4) is 0 Å². The number of carbonyl (C=O) groups is 2. The molecule has 0 aliphatic rings. The van der Waals surface area contributed by atoms with Crippen LogP contribution in [0.25, 0.3) is 17.1 Å². The summed E-state index contributed by atoms with van der Waals surface area (Å²) >= 11 is 6.24. The van der Waals surface area contributed by atoms with Gasteiger partial charge < -0.3 is 10.4 Å². The third-order valence-electron chi connectivity index (χ3n) is 4.81. The van der Waals surface area contributed by atoms with E-state index in [1.54, 1.807) is 28.9 Å². The van der Waals surface area contributed by atoms with Crippen LogP contribution in [0.2, 0.25) is 5.02 Å². The fraction of sp³-hybridized carbons (Fsp3) is 0.0833. The second-order valence-corrected chi connectivity index (χ2v) is 7.43. The third-order valence-corrected chi connectivity index (χ3v) is 5.15. The molecule has 160 valence electrons. The Morgan fingerprint density at radius 3 is 2.22 bits per heavy atom. The van der Waals surface area contributed by atoms with E-state index < -0.39 is 17.9 Å². The largest absolute Gasteiger partial charge is 0.481 e. The van der Waals surface area contributed by atoms with Crippen LogP contribution in [-0.2, 0) is 4.79 Å². The number of hydrogen-bond donors (Lipinski definition) is 2. The number of aromatic nitrogens is 3. The molecule has 1 atom stereocenters. The zero-order chi connectivity index (χ0) is 22.5. The number of hydrogen-bond acceptors (Lipinski definition) is 4. The summed E-state index contributed by atoms with van der Waals surface area (Å²) in [6.07, 6.45) is -0.333. The van der Waals surface area contributed by atoms with Gasteiger partial charge in [-0.15, -0.1) is 5.10 Å². The Hall–Kier alpha value is -3.97. The minimum atomic E-state index is -1.07. The zero-order valence-electron chi connectivity index (χ0n) is 16.9. The molecule has 0 radical (unpaired) electrons. The highest BCUT2D eigenvalue weighted by Gasteiger charge is 2.24. The Bertz CT molecular complexity index is 1190. The molecule has 1 aromatic heterocycles. The van der Waals surface area contributed by atoms with Crippen molar-refractivity contribution in [1.82, 2.24) is 20.1 Å². The van der Waals surface area contributed by atoms with E-state index >= 15 is 0 Å². The average Bonchev–Trinajstić information content (AvgIpc) is 3.26. The van der Waals surface area contributed by atoms with Crippen LogP contribution in [0.5, 0.6) is 0 Å². The lowest BCUT2D eigenvalue weighted by atomic mass is 10.0. The number of carboxylic acids is 1. The minimum Gasteiger partial charge on any atom is -0.481 e. The zero-order valence-corrected chi connectivity index (χ0v) is 17.6. The molecular weight excluding hydrogens is 428 g/mol. The SMILES string of the molecule is O=C(O)CC(NC(=O)c1nc(-c2ccccc2)n(-c2ccccc2)n1)c1ccccc1Cl. The van der Waals surface area contributed by atoms with Crippen LogP contribution in [-0.4, -0.2) is 31.7 Å². The van der Waals surface area contributed by atoms with E-state index in [1.165, 1.54) is 0 Å². The molecule has 1 unspecified atom stereocenters. The first-order chi connectivity index (χ1) is 15.5. The predicted octanol–water partition coefficient (Wildman–Crippen LogP) is 4.53. The number of aliphatic carboxylic acids is 1. The van der Waals surface area contributed by atoms with Gasteiger partial charge in [0.15, 0.2) is 5.82 Å². The van der Waals surface area contributed by atoms with E-state index in [4.69, 9.17) is 11.6 Å².